The molecule has 3 heteroatoms. The molecule has 0 saturated carbocycles. The molecule has 0 aliphatic carbocycles. The first-order valence-electron chi connectivity index (χ1n) is 5.86. The smallest absolute Gasteiger partial charge is 0.0594 e. The lowest BCUT2D eigenvalue weighted by Gasteiger charge is -2.24. The first-order valence-corrected chi connectivity index (χ1v) is 6.40. The van der Waals surface area contributed by atoms with E-state index in [1.54, 1.807) is 0 Å². The SMILES string of the molecule is CC(C)OCCNCC(C)(C)CCCCl. The third-order valence-corrected chi connectivity index (χ3v) is 2.59. The largest absolute Gasteiger partial charge is 0.377 e. The summed E-state index contributed by atoms with van der Waals surface area (Å²) in [4.78, 5) is 0. The zero-order valence-electron chi connectivity index (χ0n) is 10.6. The van der Waals surface area contributed by atoms with Gasteiger partial charge in [0.1, 0.15) is 0 Å². The number of alkyl halides is 1. The summed E-state index contributed by atoms with van der Waals surface area (Å²) in [5.74, 6) is 0.764. The average molecular weight is 236 g/mol. The second-order valence-electron chi connectivity index (χ2n) is 5.05. The van der Waals surface area contributed by atoms with Gasteiger partial charge in [-0.25, -0.2) is 0 Å². The van der Waals surface area contributed by atoms with Crippen molar-refractivity contribution in [1.82, 2.24) is 5.32 Å². The van der Waals surface area contributed by atoms with Gasteiger partial charge in [0, 0.05) is 19.0 Å². The molecule has 15 heavy (non-hydrogen) atoms. The highest BCUT2D eigenvalue weighted by molar-refractivity contribution is 6.17. The number of nitrogens with one attached hydrogen (secondary N) is 1. The summed E-state index contributed by atoms with van der Waals surface area (Å²) in [6.45, 7) is 11.4. The number of halogens is 1. The van der Waals surface area contributed by atoms with E-state index in [1.807, 2.05) is 0 Å². The lowest BCUT2D eigenvalue weighted by Crippen LogP contribution is -2.32. The van der Waals surface area contributed by atoms with Crippen molar-refractivity contribution in [3.8, 4) is 0 Å². The van der Waals surface area contributed by atoms with Gasteiger partial charge in [0.15, 0.2) is 0 Å². The Morgan fingerprint density at radius 3 is 2.53 bits per heavy atom. The van der Waals surface area contributed by atoms with Gasteiger partial charge in [0.2, 0.25) is 0 Å². The molecule has 0 aromatic carbocycles. The van der Waals surface area contributed by atoms with Crippen LogP contribution in [0.3, 0.4) is 0 Å². The molecule has 0 atom stereocenters. The van der Waals surface area contributed by atoms with Crippen molar-refractivity contribution in [2.24, 2.45) is 5.41 Å². The Hall–Kier alpha value is 0.210. The van der Waals surface area contributed by atoms with Crippen molar-refractivity contribution >= 4 is 11.6 Å². The zero-order valence-corrected chi connectivity index (χ0v) is 11.4. The maximum absolute atomic E-state index is 5.69. The fourth-order valence-corrected chi connectivity index (χ4v) is 1.56. The van der Waals surface area contributed by atoms with Crippen LogP contribution in [0.4, 0.5) is 0 Å². The summed E-state index contributed by atoms with van der Waals surface area (Å²) < 4.78 is 5.45. The molecule has 0 aromatic rings. The second kappa shape index (κ2) is 8.37. The van der Waals surface area contributed by atoms with Crippen LogP contribution in [0.2, 0.25) is 0 Å². The van der Waals surface area contributed by atoms with Gasteiger partial charge in [-0.05, 0) is 32.1 Å². The summed E-state index contributed by atoms with van der Waals surface area (Å²) >= 11 is 5.69. The van der Waals surface area contributed by atoms with Gasteiger partial charge >= 0.3 is 0 Å². The van der Waals surface area contributed by atoms with Gasteiger partial charge in [-0.3, -0.25) is 0 Å². The van der Waals surface area contributed by atoms with Gasteiger partial charge in [-0.1, -0.05) is 13.8 Å². The van der Waals surface area contributed by atoms with Crippen molar-refractivity contribution in [3.05, 3.63) is 0 Å². The maximum Gasteiger partial charge on any atom is 0.0594 e. The normalized spacial score (nSPS) is 12.4. The minimum absolute atomic E-state index is 0.330. The molecule has 0 aliphatic rings. The molecular formula is C12H26ClNO. The van der Waals surface area contributed by atoms with E-state index < -0.39 is 0 Å². The highest BCUT2D eigenvalue weighted by atomic mass is 35.5. The van der Waals surface area contributed by atoms with Crippen LogP contribution in [0, 0.1) is 5.41 Å². The average Bonchev–Trinajstić information content (AvgIpc) is 2.14. The first-order chi connectivity index (χ1) is 6.98. The van der Waals surface area contributed by atoms with E-state index in [0.717, 1.165) is 32.0 Å². The molecule has 0 heterocycles. The topological polar surface area (TPSA) is 21.3 Å². The van der Waals surface area contributed by atoms with E-state index in [9.17, 15) is 0 Å². The number of hydrogen-bond acceptors (Lipinski definition) is 2. The summed E-state index contributed by atoms with van der Waals surface area (Å²) in [5.41, 5.74) is 0.340. The van der Waals surface area contributed by atoms with Crippen molar-refractivity contribution in [2.75, 3.05) is 25.6 Å². The molecule has 0 aromatic heterocycles. The van der Waals surface area contributed by atoms with Crippen LogP contribution in [0.1, 0.15) is 40.5 Å². The molecule has 0 unspecified atom stereocenters. The van der Waals surface area contributed by atoms with Crippen molar-refractivity contribution < 1.29 is 4.74 Å². The van der Waals surface area contributed by atoms with E-state index in [1.165, 1.54) is 6.42 Å². The standard InChI is InChI=1S/C12H26ClNO/c1-11(2)15-9-8-14-10-12(3,4)6-5-7-13/h11,14H,5-10H2,1-4H3. The lowest BCUT2D eigenvalue weighted by molar-refractivity contribution is 0.0793. The van der Waals surface area contributed by atoms with Crippen LogP contribution in [-0.2, 0) is 4.74 Å². The van der Waals surface area contributed by atoms with Gasteiger partial charge in [-0.15, -0.1) is 11.6 Å². The summed E-state index contributed by atoms with van der Waals surface area (Å²) in [5, 5.41) is 3.42. The molecule has 0 fully saturated rings. The summed E-state index contributed by atoms with van der Waals surface area (Å²) in [7, 11) is 0. The Kier molecular flexibility index (Phi) is 8.49. The lowest BCUT2D eigenvalue weighted by atomic mass is 9.88. The summed E-state index contributed by atoms with van der Waals surface area (Å²) in [6.07, 6.45) is 2.60. The van der Waals surface area contributed by atoms with Gasteiger partial charge in [0.25, 0.3) is 0 Å². The molecule has 0 radical (unpaired) electrons. The highest BCUT2D eigenvalue weighted by Gasteiger charge is 2.16. The molecule has 0 bridgehead atoms. The maximum atomic E-state index is 5.69. The third kappa shape index (κ3) is 10.5. The highest BCUT2D eigenvalue weighted by Crippen LogP contribution is 2.21. The predicted molar refractivity (Wildman–Crippen MR) is 67.7 cm³/mol. The zero-order chi connectivity index (χ0) is 11.7. The minimum atomic E-state index is 0.330. The van der Waals surface area contributed by atoms with Crippen LogP contribution in [0.15, 0.2) is 0 Å². The van der Waals surface area contributed by atoms with Crippen LogP contribution in [0.25, 0.3) is 0 Å². The number of hydrogen-bond donors (Lipinski definition) is 1. The van der Waals surface area contributed by atoms with Crippen molar-refractivity contribution in [3.63, 3.8) is 0 Å². The molecule has 0 amide bonds. The van der Waals surface area contributed by atoms with E-state index in [4.69, 9.17) is 16.3 Å². The molecule has 2 nitrogen and oxygen atoms in total. The van der Waals surface area contributed by atoms with E-state index in [2.05, 4.69) is 33.0 Å². The monoisotopic (exact) mass is 235 g/mol. The Labute approximate surface area is 99.7 Å². The van der Waals surface area contributed by atoms with Crippen LogP contribution in [-0.4, -0.2) is 31.7 Å². The van der Waals surface area contributed by atoms with Crippen LogP contribution in [0.5, 0.6) is 0 Å². The molecule has 0 aliphatic heterocycles. The Balaban J connectivity index is 3.40. The number of rotatable bonds is 9. The Morgan fingerprint density at radius 2 is 2.00 bits per heavy atom. The van der Waals surface area contributed by atoms with Crippen molar-refractivity contribution in [1.29, 1.82) is 0 Å². The van der Waals surface area contributed by atoms with E-state index in [0.29, 0.717) is 11.5 Å². The van der Waals surface area contributed by atoms with Gasteiger partial charge in [0.05, 0.1) is 12.7 Å². The Bertz CT molecular complexity index is 149. The molecule has 1 N–H and O–H groups in total. The first kappa shape index (κ1) is 15.2. The minimum Gasteiger partial charge on any atom is -0.377 e. The molecular weight excluding hydrogens is 210 g/mol. The molecule has 0 spiro atoms. The Morgan fingerprint density at radius 1 is 1.33 bits per heavy atom. The van der Waals surface area contributed by atoms with E-state index >= 15 is 0 Å². The van der Waals surface area contributed by atoms with Gasteiger partial charge in [-0.2, -0.15) is 0 Å². The predicted octanol–water partition coefficient (Wildman–Crippen LogP) is 3.05. The molecule has 92 valence electrons. The van der Waals surface area contributed by atoms with Crippen LogP contribution >= 0.6 is 11.6 Å². The van der Waals surface area contributed by atoms with E-state index in [-0.39, 0.29) is 0 Å². The fraction of sp³-hybridized carbons (Fsp3) is 1.00. The van der Waals surface area contributed by atoms with Crippen molar-refractivity contribution in [2.45, 2.75) is 46.6 Å². The van der Waals surface area contributed by atoms with Gasteiger partial charge < -0.3 is 10.1 Å². The third-order valence-electron chi connectivity index (χ3n) is 2.32. The quantitative estimate of drug-likeness (QED) is 0.490. The summed E-state index contributed by atoms with van der Waals surface area (Å²) in [6, 6.07) is 0. The van der Waals surface area contributed by atoms with Crippen LogP contribution < -0.4 is 5.32 Å². The molecule has 0 saturated heterocycles. The second-order valence-corrected chi connectivity index (χ2v) is 5.43. The fourth-order valence-electron chi connectivity index (χ4n) is 1.43. The number of ether oxygens (including phenoxy) is 1. The molecule has 0 rings (SSSR count).